The number of anilines is 1. The Balaban J connectivity index is 1.45. The van der Waals surface area contributed by atoms with Crippen LogP contribution in [0.5, 0.6) is 0 Å². The normalized spacial score (nSPS) is 15.8. The van der Waals surface area contributed by atoms with Crippen molar-refractivity contribution in [2.75, 3.05) is 38.0 Å². The molecule has 0 radical (unpaired) electrons. The van der Waals surface area contributed by atoms with Crippen molar-refractivity contribution < 1.29 is 4.79 Å². The molecule has 0 aliphatic carbocycles. The van der Waals surface area contributed by atoms with Gasteiger partial charge in [-0.2, -0.15) is 0 Å². The molecule has 1 N–H and O–H groups in total. The lowest BCUT2D eigenvalue weighted by atomic mass is 10.2. The van der Waals surface area contributed by atoms with E-state index in [1.807, 2.05) is 37.3 Å². The Morgan fingerprint density at radius 3 is 2.35 bits per heavy atom. The highest BCUT2D eigenvalue weighted by Crippen LogP contribution is 2.22. The van der Waals surface area contributed by atoms with Gasteiger partial charge in [-0.3, -0.25) is 14.6 Å². The Morgan fingerprint density at radius 2 is 1.65 bits per heavy atom. The van der Waals surface area contributed by atoms with Crippen LogP contribution in [0.2, 0.25) is 10.0 Å². The van der Waals surface area contributed by atoms with Crippen molar-refractivity contribution in [3.05, 3.63) is 63.6 Å². The summed E-state index contributed by atoms with van der Waals surface area (Å²) >= 11 is 12.0. The fourth-order valence-electron chi connectivity index (χ4n) is 3.09. The number of piperazine rings is 1. The van der Waals surface area contributed by atoms with Crippen molar-refractivity contribution in [1.29, 1.82) is 0 Å². The second kappa shape index (κ2) is 8.87. The Labute approximate surface area is 164 Å². The van der Waals surface area contributed by atoms with E-state index in [1.165, 1.54) is 5.56 Å². The topological polar surface area (TPSA) is 35.6 Å². The average Bonchev–Trinajstić information content (AvgIpc) is 2.62. The van der Waals surface area contributed by atoms with Gasteiger partial charge in [0.1, 0.15) is 0 Å². The van der Waals surface area contributed by atoms with Crippen molar-refractivity contribution in [3.63, 3.8) is 0 Å². The zero-order valence-corrected chi connectivity index (χ0v) is 16.4. The van der Waals surface area contributed by atoms with Gasteiger partial charge in [-0.05, 0) is 42.3 Å². The first-order chi connectivity index (χ1) is 12.5. The number of rotatable bonds is 5. The molecule has 0 spiro atoms. The number of benzene rings is 2. The van der Waals surface area contributed by atoms with Crippen LogP contribution in [0.15, 0.2) is 42.5 Å². The predicted molar refractivity (Wildman–Crippen MR) is 108 cm³/mol. The summed E-state index contributed by atoms with van der Waals surface area (Å²) in [6.07, 6.45) is 0. The van der Waals surface area contributed by atoms with Crippen molar-refractivity contribution >= 4 is 34.8 Å². The molecule has 2 aromatic carbocycles. The molecule has 6 heteroatoms. The fraction of sp³-hybridized carbons (Fsp3) is 0.350. The molecule has 1 heterocycles. The molecule has 138 valence electrons. The summed E-state index contributed by atoms with van der Waals surface area (Å²) in [6.45, 7) is 6.90. The molecule has 1 fully saturated rings. The van der Waals surface area contributed by atoms with Crippen LogP contribution in [0.4, 0.5) is 5.69 Å². The second-order valence-electron chi connectivity index (χ2n) is 6.64. The van der Waals surface area contributed by atoms with Crippen LogP contribution in [0, 0.1) is 6.92 Å². The highest BCUT2D eigenvalue weighted by atomic mass is 35.5. The molecule has 0 atom stereocenters. The van der Waals surface area contributed by atoms with E-state index in [2.05, 4.69) is 27.2 Å². The van der Waals surface area contributed by atoms with E-state index >= 15 is 0 Å². The van der Waals surface area contributed by atoms with Crippen molar-refractivity contribution in [3.8, 4) is 0 Å². The molecule has 0 saturated carbocycles. The molecular weight excluding hydrogens is 369 g/mol. The third-order valence-electron chi connectivity index (χ3n) is 4.69. The zero-order chi connectivity index (χ0) is 18.5. The molecule has 1 aliphatic rings. The predicted octanol–water partition coefficient (Wildman–Crippen LogP) is 4.06. The number of hydrogen-bond acceptors (Lipinski definition) is 3. The lowest BCUT2D eigenvalue weighted by Gasteiger charge is -2.34. The summed E-state index contributed by atoms with van der Waals surface area (Å²) in [5.41, 5.74) is 2.94. The molecule has 1 aliphatic heterocycles. The monoisotopic (exact) mass is 391 g/mol. The van der Waals surface area contributed by atoms with E-state index in [9.17, 15) is 4.79 Å². The minimum absolute atomic E-state index is 0.00141. The van der Waals surface area contributed by atoms with Crippen molar-refractivity contribution in [2.24, 2.45) is 0 Å². The fourth-order valence-corrected chi connectivity index (χ4v) is 3.39. The Hall–Kier alpha value is -1.59. The van der Waals surface area contributed by atoms with Gasteiger partial charge in [0.2, 0.25) is 5.91 Å². The van der Waals surface area contributed by atoms with Gasteiger partial charge in [0.25, 0.3) is 0 Å². The van der Waals surface area contributed by atoms with E-state index in [-0.39, 0.29) is 5.91 Å². The molecule has 26 heavy (non-hydrogen) atoms. The van der Waals surface area contributed by atoms with Gasteiger partial charge in [-0.15, -0.1) is 0 Å². The number of nitrogens with zero attached hydrogens (tertiary/aromatic N) is 2. The number of hydrogen-bond donors (Lipinski definition) is 1. The van der Waals surface area contributed by atoms with E-state index in [4.69, 9.17) is 23.2 Å². The van der Waals surface area contributed by atoms with Crippen LogP contribution < -0.4 is 5.32 Å². The lowest BCUT2D eigenvalue weighted by Crippen LogP contribution is -2.48. The van der Waals surface area contributed by atoms with E-state index in [0.717, 1.165) is 49.0 Å². The highest BCUT2D eigenvalue weighted by molar-refractivity contribution is 6.31. The molecular formula is C20H23Cl2N3O. The van der Waals surface area contributed by atoms with Crippen LogP contribution >= 0.6 is 23.2 Å². The number of carbonyl (C=O) groups excluding carboxylic acids is 1. The molecule has 0 aromatic heterocycles. The van der Waals surface area contributed by atoms with E-state index in [1.54, 1.807) is 0 Å². The quantitative estimate of drug-likeness (QED) is 0.834. The number of amides is 1. The van der Waals surface area contributed by atoms with Gasteiger partial charge in [-0.1, -0.05) is 41.4 Å². The summed E-state index contributed by atoms with van der Waals surface area (Å²) in [5.74, 6) is 0.00141. The molecule has 1 saturated heterocycles. The number of halogens is 2. The van der Waals surface area contributed by atoms with Gasteiger partial charge < -0.3 is 5.32 Å². The van der Waals surface area contributed by atoms with Crippen molar-refractivity contribution in [2.45, 2.75) is 13.5 Å². The molecule has 2 aromatic rings. The van der Waals surface area contributed by atoms with E-state index in [0.29, 0.717) is 11.6 Å². The summed E-state index contributed by atoms with van der Waals surface area (Å²) in [6, 6.07) is 13.5. The molecule has 3 rings (SSSR count). The van der Waals surface area contributed by atoms with Gasteiger partial charge >= 0.3 is 0 Å². The maximum absolute atomic E-state index is 12.3. The first kappa shape index (κ1) is 19.2. The summed E-state index contributed by atoms with van der Waals surface area (Å²) in [7, 11) is 0. The average molecular weight is 392 g/mol. The molecule has 0 bridgehead atoms. The van der Waals surface area contributed by atoms with Crippen LogP contribution in [0.25, 0.3) is 0 Å². The largest absolute Gasteiger partial charge is 0.325 e. The van der Waals surface area contributed by atoms with Gasteiger partial charge in [0.05, 0.1) is 6.54 Å². The molecule has 0 unspecified atom stereocenters. The number of carbonyl (C=O) groups is 1. The minimum Gasteiger partial charge on any atom is -0.325 e. The molecule has 1 amide bonds. The third-order valence-corrected chi connectivity index (χ3v) is 5.35. The second-order valence-corrected chi connectivity index (χ2v) is 7.48. The SMILES string of the molecule is Cc1c(Cl)cccc1NC(=O)CN1CCN(Cc2ccc(Cl)cc2)CC1. The van der Waals surface area contributed by atoms with E-state index < -0.39 is 0 Å². The molecule has 4 nitrogen and oxygen atoms in total. The minimum atomic E-state index is 0.00141. The Kier molecular flexibility index (Phi) is 6.54. The van der Waals surface area contributed by atoms with Crippen molar-refractivity contribution in [1.82, 2.24) is 9.80 Å². The first-order valence-corrected chi connectivity index (χ1v) is 9.51. The summed E-state index contributed by atoms with van der Waals surface area (Å²) < 4.78 is 0. The lowest BCUT2D eigenvalue weighted by molar-refractivity contribution is -0.117. The van der Waals surface area contributed by atoms with Gasteiger partial charge in [-0.25, -0.2) is 0 Å². The van der Waals surface area contributed by atoms with Crippen LogP contribution in [-0.4, -0.2) is 48.4 Å². The zero-order valence-electron chi connectivity index (χ0n) is 14.8. The third kappa shape index (κ3) is 5.21. The smallest absolute Gasteiger partial charge is 0.238 e. The van der Waals surface area contributed by atoms with Crippen LogP contribution in [-0.2, 0) is 11.3 Å². The summed E-state index contributed by atoms with van der Waals surface area (Å²) in [5, 5.41) is 4.39. The van der Waals surface area contributed by atoms with Gasteiger partial charge in [0.15, 0.2) is 0 Å². The maximum atomic E-state index is 12.3. The van der Waals surface area contributed by atoms with Gasteiger partial charge in [0, 0.05) is 48.5 Å². The standard InChI is InChI=1S/C20H23Cl2N3O/c1-15-18(22)3-2-4-19(15)23-20(26)14-25-11-9-24(10-12-25)13-16-5-7-17(21)8-6-16/h2-8H,9-14H2,1H3,(H,23,26). The Bertz CT molecular complexity index is 756. The first-order valence-electron chi connectivity index (χ1n) is 8.75. The maximum Gasteiger partial charge on any atom is 0.238 e. The Morgan fingerprint density at radius 1 is 1.00 bits per heavy atom. The van der Waals surface area contributed by atoms with Crippen LogP contribution in [0.1, 0.15) is 11.1 Å². The highest BCUT2D eigenvalue weighted by Gasteiger charge is 2.19. The number of nitrogens with one attached hydrogen (secondary N) is 1. The van der Waals surface area contributed by atoms with Crippen LogP contribution in [0.3, 0.4) is 0 Å². The summed E-state index contributed by atoms with van der Waals surface area (Å²) in [4.78, 5) is 16.9.